The van der Waals surface area contributed by atoms with Crippen molar-refractivity contribution in [3.8, 4) is 11.3 Å². The Morgan fingerprint density at radius 2 is 1.95 bits per heavy atom. The summed E-state index contributed by atoms with van der Waals surface area (Å²) in [6.45, 7) is 0.605. The fraction of sp³-hybridized carbons (Fsp3) is 0.125. The molecule has 0 fully saturated rings. The highest BCUT2D eigenvalue weighted by Crippen LogP contribution is 2.40. The molecule has 1 N–H and O–H groups in total. The van der Waals surface area contributed by atoms with Gasteiger partial charge in [0.05, 0.1) is 17.1 Å². The van der Waals surface area contributed by atoms with Gasteiger partial charge in [-0.3, -0.25) is 0 Å². The number of nitrogens with one attached hydrogen (secondary N) is 1. The fourth-order valence-corrected chi connectivity index (χ4v) is 3.00. The summed E-state index contributed by atoms with van der Waals surface area (Å²) in [4.78, 5) is 1.93. The van der Waals surface area contributed by atoms with Crippen LogP contribution in [0.15, 0.2) is 42.5 Å². The Morgan fingerprint density at radius 1 is 1.09 bits per heavy atom. The van der Waals surface area contributed by atoms with Crippen LogP contribution in [0.4, 0.5) is 15.8 Å². The smallest absolute Gasteiger partial charge is 0.146 e. The van der Waals surface area contributed by atoms with Crippen LogP contribution in [-0.2, 0) is 6.42 Å². The van der Waals surface area contributed by atoms with Crippen LogP contribution in [0.5, 0.6) is 0 Å². The predicted molar refractivity (Wildman–Crippen MR) is 83.9 cm³/mol. The maximum absolute atomic E-state index is 14.2. The number of aromatic nitrogens is 3. The van der Waals surface area contributed by atoms with Crippen molar-refractivity contribution in [2.24, 2.45) is 0 Å². The van der Waals surface area contributed by atoms with Crippen LogP contribution >= 0.6 is 11.6 Å². The van der Waals surface area contributed by atoms with E-state index in [9.17, 15) is 4.39 Å². The summed E-state index contributed by atoms with van der Waals surface area (Å²) >= 11 is 6.16. The van der Waals surface area contributed by atoms with Crippen molar-refractivity contribution in [3.05, 3.63) is 59.0 Å². The lowest BCUT2D eigenvalue weighted by molar-refractivity contribution is 0.624. The molecule has 4 rings (SSSR count). The molecule has 2 heterocycles. The van der Waals surface area contributed by atoms with Gasteiger partial charge in [0.2, 0.25) is 0 Å². The van der Waals surface area contributed by atoms with Crippen LogP contribution in [0.2, 0.25) is 5.02 Å². The lowest BCUT2D eigenvalue weighted by Gasteiger charge is -2.25. The van der Waals surface area contributed by atoms with Gasteiger partial charge in [-0.15, -0.1) is 0 Å². The van der Waals surface area contributed by atoms with E-state index >= 15 is 0 Å². The van der Waals surface area contributed by atoms with Gasteiger partial charge in [-0.1, -0.05) is 23.7 Å². The maximum atomic E-state index is 14.2. The van der Waals surface area contributed by atoms with Gasteiger partial charge in [-0.05, 0) is 30.3 Å². The van der Waals surface area contributed by atoms with Gasteiger partial charge in [-0.25, -0.2) is 4.39 Å². The second-order valence-electron chi connectivity index (χ2n) is 5.13. The van der Waals surface area contributed by atoms with E-state index in [-0.39, 0.29) is 5.82 Å². The molecule has 0 amide bonds. The lowest BCUT2D eigenvalue weighted by atomic mass is 10.1. The standard InChI is InChI=1S/C16H12ClFN4/c17-10-5-6-11-15(9-10)22(14-4-2-1-3-12(14)18)8-7-13-16(11)20-21-19-13/h1-6,9H,7-8H2,(H,19,20,21). The minimum atomic E-state index is -0.262. The topological polar surface area (TPSA) is 44.8 Å². The minimum Gasteiger partial charge on any atom is -0.338 e. The Kier molecular flexibility index (Phi) is 3.08. The molecule has 4 nitrogen and oxygen atoms in total. The third kappa shape index (κ3) is 2.05. The molecule has 3 aromatic rings. The van der Waals surface area contributed by atoms with Crippen LogP contribution in [-0.4, -0.2) is 22.0 Å². The second-order valence-corrected chi connectivity index (χ2v) is 5.57. The highest BCUT2D eigenvalue weighted by Gasteiger charge is 2.25. The first-order valence-electron chi connectivity index (χ1n) is 6.95. The lowest BCUT2D eigenvalue weighted by Crippen LogP contribution is -2.20. The zero-order valence-electron chi connectivity index (χ0n) is 11.6. The molecule has 0 radical (unpaired) electrons. The highest BCUT2D eigenvalue weighted by molar-refractivity contribution is 6.31. The van der Waals surface area contributed by atoms with E-state index in [2.05, 4.69) is 15.4 Å². The van der Waals surface area contributed by atoms with Gasteiger partial charge in [-0.2, -0.15) is 15.4 Å². The summed E-state index contributed by atoms with van der Waals surface area (Å²) < 4.78 is 14.2. The van der Waals surface area contributed by atoms with Crippen LogP contribution in [0, 0.1) is 5.82 Å². The Morgan fingerprint density at radius 3 is 2.82 bits per heavy atom. The molecule has 0 aliphatic carbocycles. The Hall–Kier alpha value is -2.40. The molecule has 0 bridgehead atoms. The molecule has 22 heavy (non-hydrogen) atoms. The van der Waals surface area contributed by atoms with Gasteiger partial charge in [0.1, 0.15) is 11.5 Å². The third-order valence-electron chi connectivity index (χ3n) is 3.84. The number of hydrogen-bond donors (Lipinski definition) is 1. The molecule has 0 saturated heterocycles. The average Bonchev–Trinajstić information content (AvgIpc) is 2.92. The van der Waals surface area contributed by atoms with E-state index in [1.54, 1.807) is 12.1 Å². The van der Waals surface area contributed by atoms with E-state index < -0.39 is 0 Å². The van der Waals surface area contributed by atoms with Crippen molar-refractivity contribution in [2.45, 2.75) is 6.42 Å². The predicted octanol–water partition coefficient (Wildman–Crippen LogP) is 3.96. The maximum Gasteiger partial charge on any atom is 0.146 e. The Bertz CT molecular complexity index is 846. The molecular weight excluding hydrogens is 303 g/mol. The van der Waals surface area contributed by atoms with Crippen molar-refractivity contribution in [1.29, 1.82) is 0 Å². The van der Waals surface area contributed by atoms with E-state index in [1.165, 1.54) is 6.07 Å². The first-order chi connectivity index (χ1) is 10.7. The number of para-hydroxylation sites is 1. The largest absolute Gasteiger partial charge is 0.338 e. The molecule has 1 aliphatic rings. The van der Waals surface area contributed by atoms with Gasteiger partial charge < -0.3 is 4.90 Å². The van der Waals surface area contributed by atoms with E-state index in [0.717, 1.165) is 22.6 Å². The molecule has 110 valence electrons. The van der Waals surface area contributed by atoms with Gasteiger partial charge in [0.25, 0.3) is 0 Å². The number of rotatable bonds is 1. The first-order valence-corrected chi connectivity index (χ1v) is 7.33. The SMILES string of the molecule is Fc1ccccc1N1CCc2n[nH]nc2-c2ccc(Cl)cc21. The molecule has 0 spiro atoms. The number of anilines is 2. The summed E-state index contributed by atoms with van der Waals surface area (Å²) in [6.07, 6.45) is 0.673. The van der Waals surface area contributed by atoms with Crippen molar-refractivity contribution in [2.75, 3.05) is 11.4 Å². The Labute approximate surface area is 131 Å². The number of benzene rings is 2. The number of H-pyrrole nitrogens is 1. The zero-order valence-corrected chi connectivity index (χ0v) is 12.3. The highest BCUT2D eigenvalue weighted by atomic mass is 35.5. The number of hydrogen-bond acceptors (Lipinski definition) is 3. The van der Waals surface area contributed by atoms with Crippen LogP contribution in [0.3, 0.4) is 0 Å². The molecular formula is C16H12ClFN4. The normalized spacial score (nSPS) is 13.5. The minimum absolute atomic E-state index is 0.262. The van der Waals surface area contributed by atoms with E-state index in [4.69, 9.17) is 11.6 Å². The van der Waals surface area contributed by atoms with Crippen molar-refractivity contribution in [3.63, 3.8) is 0 Å². The summed E-state index contributed by atoms with van der Waals surface area (Å²) in [5.41, 5.74) is 3.94. The van der Waals surface area contributed by atoms with Crippen LogP contribution < -0.4 is 4.90 Å². The molecule has 0 atom stereocenters. The summed E-state index contributed by atoms with van der Waals surface area (Å²) in [5, 5.41) is 11.7. The van der Waals surface area contributed by atoms with E-state index in [0.29, 0.717) is 23.7 Å². The Balaban J connectivity index is 1.95. The number of nitrogens with zero attached hydrogens (tertiary/aromatic N) is 3. The van der Waals surface area contributed by atoms with Crippen LogP contribution in [0.1, 0.15) is 5.69 Å². The molecule has 1 aromatic heterocycles. The monoisotopic (exact) mass is 314 g/mol. The van der Waals surface area contributed by atoms with Crippen molar-refractivity contribution < 1.29 is 4.39 Å². The number of fused-ring (bicyclic) bond motifs is 3. The van der Waals surface area contributed by atoms with Crippen molar-refractivity contribution >= 4 is 23.0 Å². The zero-order chi connectivity index (χ0) is 15.1. The molecule has 2 aromatic carbocycles. The van der Waals surface area contributed by atoms with Crippen LogP contribution in [0.25, 0.3) is 11.3 Å². The summed E-state index contributed by atoms with van der Waals surface area (Å²) in [7, 11) is 0. The quantitative estimate of drug-likeness (QED) is 0.739. The third-order valence-corrected chi connectivity index (χ3v) is 4.08. The van der Waals surface area contributed by atoms with E-state index in [1.807, 2.05) is 29.2 Å². The fourth-order valence-electron chi connectivity index (χ4n) is 2.83. The molecule has 1 aliphatic heterocycles. The molecule has 6 heteroatoms. The molecule has 0 saturated carbocycles. The number of halogens is 2. The van der Waals surface area contributed by atoms with Gasteiger partial charge in [0.15, 0.2) is 0 Å². The van der Waals surface area contributed by atoms with Gasteiger partial charge in [0, 0.05) is 23.6 Å². The van der Waals surface area contributed by atoms with Gasteiger partial charge >= 0.3 is 0 Å². The summed E-state index contributed by atoms with van der Waals surface area (Å²) in [5.74, 6) is -0.262. The first kappa shape index (κ1) is 13.3. The van der Waals surface area contributed by atoms with Crippen molar-refractivity contribution in [1.82, 2.24) is 15.4 Å². The average molecular weight is 315 g/mol. The number of aromatic amines is 1. The second kappa shape index (κ2) is 5.10. The summed E-state index contributed by atoms with van der Waals surface area (Å²) in [6, 6.07) is 12.3. The molecule has 0 unspecified atom stereocenters.